The molecule has 0 heterocycles. The van der Waals surface area contributed by atoms with Crippen LogP contribution in [0.15, 0.2) is 18.2 Å². The van der Waals surface area contributed by atoms with Gasteiger partial charge in [0, 0.05) is 6.54 Å². The molecule has 2 heteroatoms. The Morgan fingerprint density at radius 3 is 2.24 bits per heavy atom. The van der Waals surface area contributed by atoms with Gasteiger partial charge in [0.25, 0.3) is 0 Å². The van der Waals surface area contributed by atoms with Crippen molar-refractivity contribution in [1.82, 2.24) is 0 Å². The highest BCUT2D eigenvalue weighted by atomic mass is 16.5. The Labute approximate surface area is 104 Å². The molecule has 0 aliphatic heterocycles. The summed E-state index contributed by atoms with van der Waals surface area (Å²) in [6, 6.07) is 6.59. The average Bonchev–Trinajstić information content (AvgIpc) is 2.74. The van der Waals surface area contributed by atoms with Crippen molar-refractivity contribution in [3.05, 3.63) is 34.9 Å². The third kappa shape index (κ3) is 3.08. The first-order valence-electron chi connectivity index (χ1n) is 6.55. The van der Waals surface area contributed by atoms with E-state index in [9.17, 15) is 0 Å². The van der Waals surface area contributed by atoms with E-state index in [2.05, 4.69) is 32.0 Å². The summed E-state index contributed by atoms with van der Waals surface area (Å²) < 4.78 is 6.11. The summed E-state index contributed by atoms with van der Waals surface area (Å²) in [5.74, 6) is 0. The van der Waals surface area contributed by atoms with Gasteiger partial charge in [-0.05, 0) is 32.3 Å². The maximum Gasteiger partial charge on any atom is 0.0808 e. The molecule has 0 aromatic heterocycles. The molecule has 1 aliphatic rings. The quantitative estimate of drug-likeness (QED) is 0.867. The molecule has 94 valence electrons. The Bertz CT molecular complexity index is 360. The first kappa shape index (κ1) is 12.6. The lowest BCUT2D eigenvalue weighted by Gasteiger charge is -2.27. The predicted molar refractivity (Wildman–Crippen MR) is 71.0 cm³/mol. The van der Waals surface area contributed by atoms with Crippen LogP contribution in [0.5, 0.6) is 0 Å². The summed E-state index contributed by atoms with van der Waals surface area (Å²) in [6.07, 6.45) is 4.75. The van der Waals surface area contributed by atoms with Gasteiger partial charge in [-0.3, -0.25) is 0 Å². The summed E-state index contributed by atoms with van der Waals surface area (Å²) in [6.45, 7) is 5.60. The fourth-order valence-corrected chi connectivity index (χ4v) is 2.82. The molecule has 1 aliphatic carbocycles. The Hall–Kier alpha value is -0.860. The van der Waals surface area contributed by atoms with Crippen LogP contribution < -0.4 is 5.73 Å². The number of benzene rings is 1. The normalized spacial score (nSPS) is 18.5. The maximum atomic E-state index is 6.11. The van der Waals surface area contributed by atoms with Gasteiger partial charge in [-0.25, -0.2) is 0 Å². The van der Waals surface area contributed by atoms with Gasteiger partial charge in [-0.2, -0.15) is 0 Å². The zero-order chi connectivity index (χ0) is 12.3. The number of rotatable bonds is 4. The third-order valence-corrected chi connectivity index (χ3v) is 3.71. The molecule has 2 rings (SSSR count). The van der Waals surface area contributed by atoms with Crippen LogP contribution in [0, 0.1) is 13.8 Å². The van der Waals surface area contributed by atoms with E-state index in [-0.39, 0.29) is 5.60 Å². The molecule has 0 spiro atoms. The summed E-state index contributed by atoms with van der Waals surface area (Å²) in [4.78, 5) is 0. The van der Waals surface area contributed by atoms with Gasteiger partial charge in [0.05, 0.1) is 12.2 Å². The van der Waals surface area contributed by atoms with E-state index in [1.807, 2.05) is 0 Å². The van der Waals surface area contributed by atoms with Crippen molar-refractivity contribution < 1.29 is 4.74 Å². The summed E-state index contributed by atoms with van der Waals surface area (Å²) in [7, 11) is 0. The topological polar surface area (TPSA) is 35.2 Å². The van der Waals surface area contributed by atoms with Crippen LogP contribution in [-0.2, 0) is 11.3 Å². The second-order valence-corrected chi connectivity index (χ2v) is 5.38. The van der Waals surface area contributed by atoms with E-state index < -0.39 is 0 Å². The van der Waals surface area contributed by atoms with Crippen LogP contribution in [0.2, 0.25) is 0 Å². The van der Waals surface area contributed by atoms with Gasteiger partial charge >= 0.3 is 0 Å². The van der Waals surface area contributed by atoms with Gasteiger partial charge in [-0.1, -0.05) is 42.2 Å². The van der Waals surface area contributed by atoms with E-state index in [1.165, 1.54) is 29.5 Å². The molecule has 0 amide bonds. The van der Waals surface area contributed by atoms with Crippen molar-refractivity contribution in [3.63, 3.8) is 0 Å². The van der Waals surface area contributed by atoms with Crippen LogP contribution in [0.3, 0.4) is 0 Å². The molecule has 0 saturated heterocycles. The molecular weight excluding hydrogens is 210 g/mol. The average molecular weight is 233 g/mol. The van der Waals surface area contributed by atoms with Crippen LogP contribution in [-0.4, -0.2) is 12.1 Å². The Kier molecular flexibility index (Phi) is 3.85. The van der Waals surface area contributed by atoms with E-state index in [0.717, 1.165) is 12.8 Å². The number of aryl methyl sites for hydroxylation is 2. The number of nitrogens with two attached hydrogens (primary N) is 1. The Balaban J connectivity index is 2.01. The number of hydrogen-bond acceptors (Lipinski definition) is 2. The minimum Gasteiger partial charge on any atom is -0.369 e. The van der Waals surface area contributed by atoms with Crippen molar-refractivity contribution >= 4 is 0 Å². The van der Waals surface area contributed by atoms with Gasteiger partial charge in [0.1, 0.15) is 0 Å². The predicted octanol–water partition coefficient (Wildman–Crippen LogP) is 3.09. The van der Waals surface area contributed by atoms with Crippen molar-refractivity contribution in [2.45, 2.75) is 51.7 Å². The zero-order valence-electron chi connectivity index (χ0n) is 11.0. The second-order valence-electron chi connectivity index (χ2n) is 5.38. The first-order chi connectivity index (χ1) is 8.13. The molecule has 17 heavy (non-hydrogen) atoms. The molecule has 2 N–H and O–H groups in total. The molecule has 1 fully saturated rings. The molecule has 0 radical (unpaired) electrons. The molecule has 0 unspecified atom stereocenters. The molecule has 1 aromatic carbocycles. The minimum absolute atomic E-state index is 0.0440. The Morgan fingerprint density at radius 2 is 1.71 bits per heavy atom. The van der Waals surface area contributed by atoms with Gasteiger partial charge < -0.3 is 10.5 Å². The fourth-order valence-electron chi connectivity index (χ4n) is 2.82. The number of hydrogen-bond donors (Lipinski definition) is 1. The van der Waals surface area contributed by atoms with Crippen molar-refractivity contribution in [2.75, 3.05) is 6.54 Å². The minimum atomic E-state index is -0.0440. The Morgan fingerprint density at radius 1 is 1.12 bits per heavy atom. The molecule has 0 atom stereocenters. The van der Waals surface area contributed by atoms with Gasteiger partial charge in [-0.15, -0.1) is 0 Å². The highest BCUT2D eigenvalue weighted by Gasteiger charge is 2.33. The fraction of sp³-hybridized carbons (Fsp3) is 0.600. The lowest BCUT2D eigenvalue weighted by atomic mass is 10.0. The van der Waals surface area contributed by atoms with Crippen LogP contribution in [0.25, 0.3) is 0 Å². The molecule has 2 nitrogen and oxygen atoms in total. The summed E-state index contributed by atoms with van der Waals surface area (Å²) in [5, 5.41) is 0. The second kappa shape index (κ2) is 5.19. The largest absolute Gasteiger partial charge is 0.369 e. The van der Waals surface area contributed by atoms with Crippen molar-refractivity contribution in [3.8, 4) is 0 Å². The molecule has 0 bridgehead atoms. The lowest BCUT2D eigenvalue weighted by molar-refractivity contribution is -0.0448. The number of ether oxygens (including phenoxy) is 1. The van der Waals surface area contributed by atoms with E-state index in [4.69, 9.17) is 10.5 Å². The standard InChI is InChI=1S/C15H23NO/c1-12-7-13(2)9-14(8-12)10-17-15(11-16)5-3-4-6-15/h7-9H,3-6,10-11,16H2,1-2H3. The van der Waals surface area contributed by atoms with E-state index in [0.29, 0.717) is 13.2 Å². The molecule has 1 saturated carbocycles. The monoisotopic (exact) mass is 233 g/mol. The SMILES string of the molecule is Cc1cc(C)cc(COC2(CN)CCCC2)c1. The van der Waals surface area contributed by atoms with Crippen LogP contribution >= 0.6 is 0 Å². The van der Waals surface area contributed by atoms with Crippen LogP contribution in [0.1, 0.15) is 42.4 Å². The highest BCUT2D eigenvalue weighted by molar-refractivity contribution is 5.28. The lowest BCUT2D eigenvalue weighted by Crippen LogP contribution is -2.37. The van der Waals surface area contributed by atoms with Gasteiger partial charge in [0.2, 0.25) is 0 Å². The summed E-state index contributed by atoms with van der Waals surface area (Å²) in [5.41, 5.74) is 9.69. The summed E-state index contributed by atoms with van der Waals surface area (Å²) >= 11 is 0. The maximum absolute atomic E-state index is 6.11. The highest BCUT2D eigenvalue weighted by Crippen LogP contribution is 2.33. The third-order valence-electron chi connectivity index (χ3n) is 3.71. The van der Waals surface area contributed by atoms with E-state index in [1.54, 1.807) is 0 Å². The smallest absolute Gasteiger partial charge is 0.0808 e. The van der Waals surface area contributed by atoms with Crippen LogP contribution in [0.4, 0.5) is 0 Å². The molecular formula is C15H23NO. The van der Waals surface area contributed by atoms with Crippen molar-refractivity contribution in [1.29, 1.82) is 0 Å². The molecule has 1 aromatic rings. The van der Waals surface area contributed by atoms with Crippen molar-refractivity contribution in [2.24, 2.45) is 5.73 Å². The van der Waals surface area contributed by atoms with Gasteiger partial charge in [0.15, 0.2) is 0 Å². The zero-order valence-corrected chi connectivity index (χ0v) is 11.0. The van der Waals surface area contributed by atoms with E-state index >= 15 is 0 Å². The first-order valence-corrected chi connectivity index (χ1v) is 6.55.